The van der Waals surface area contributed by atoms with E-state index in [1.807, 2.05) is 19.2 Å². The van der Waals surface area contributed by atoms with E-state index in [-0.39, 0.29) is 5.41 Å². The number of hydrogen-bond acceptors (Lipinski definition) is 2. The van der Waals surface area contributed by atoms with Crippen LogP contribution in [0, 0.1) is 5.41 Å². The minimum Gasteiger partial charge on any atom is -0.496 e. The standard InChI is InChI=1S/C14H22BrNO/c1-14(2,3)9-12(16-4)11-8-10(15)6-7-13(11)17-5/h6-8,12,16H,9H2,1-5H3. The van der Waals surface area contributed by atoms with Crippen molar-refractivity contribution < 1.29 is 4.74 Å². The monoisotopic (exact) mass is 299 g/mol. The van der Waals surface area contributed by atoms with Gasteiger partial charge in [0.2, 0.25) is 0 Å². The molecule has 0 spiro atoms. The number of methoxy groups -OCH3 is 1. The maximum Gasteiger partial charge on any atom is 0.123 e. The van der Waals surface area contributed by atoms with E-state index < -0.39 is 0 Å². The second-order valence-corrected chi connectivity index (χ2v) is 6.41. The number of rotatable bonds is 4. The molecule has 0 fully saturated rings. The van der Waals surface area contributed by atoms with E-state index in [1.54, 1.807) is 7.11 Å². The Hall–Kier alpha value is -0.540. The highest BCUT2D eigenvalue weighted by molar-refractivity contribution is 9.10. The average Bonchev–Trinajstić information content (AvgIpc) is 2.24. The van der Waals surface area contributed by atoms with Crippen LogP contribution in [0.3, 0.4) is 0 Å². The van der Waals surface area contributed by atoms with Crippen LogP contribution in [-0.4, -0.2) is 14.2 Å². The maximum absolute atomic E-state index is 5.44. The van der Waals surface area contributed by atoms with Gasteiger partial charge in [-0.15, -0.1) is 0 Å². The van der Waals surface area contributed by atoms with Gasteiger partial charge in [0, 0.05) is 16.1 Å². The Morgan fingerprint density at radius 2 is 2.00 bits per heavy atom. The Kier molecular flexibility index (Phi) is 5.02. The molecule has 0 aliphatic carbocycles. The summed E-state index contributed by atoms with van der Waals surface area (Å²) in [4.78, 5) is 0. The number of halogens is 1. The molecule has 0 aliphatic rings. The van der Waals surface area contributed by atoms with Gasteiger partial charge in [-0.2, -0.15) is 0 Å². The third-order valence-corrected chi connectivity index (χ3v) is 3.23. The summed E-state index contributed by atoms with van der Waals surface area (Å²) in [6, 6.07) is 6.45. The van der Waals surface area contributed by atoms with Crippen molar-refractivity contribution in [3.05, 3.63) is 28.2 Å². The van der Waals surface area contributed by atoms with E-state index in [4.69, 9.17) is 4.74 Å². The van der Waals surface area contributed by atoms with Crippen LogP contribution in [-0.2, 0) is 0 Å². The van der Waals surface area contributed by atoms with Gasteiger partial charge in [0.15, 0.2) is 0 Å². The summed E-state index contributed by atoms with van der Waals surface area (Å²) >= 11 is 3.52. The molecule has 0 aliphatic heterocycles. The van der Waals surface area contributed by atoms with Crippen LogP contribution in [0.4, 0.5) is 0 Å². The van der Waals surface area contributed by atoms with E-state index in [1.165, 1.54) is 5.56 Å². The molecule has 1 aromatic carbocycles. The average molecular weight is 300 g/mol. The Bertz CT molecular complexity index is 371. The van der Waals surface area contributed by atoms with Gasteiger partial charge in [0.25, 0.3) is 0 Å². The van der Waals surface area contributed by atoms with Gasteiger partial charge in [0.05, 0.1) is 7.11 Å². The molecule has 0 saturated carbocycles. The lowest BCUT2D eigenvalue weighted by Crippen LogP contribution is -2.23. The van der Waals surface area contributed by atoms with Gasteiger partial charge in [-0.25, -0.2) is 0 Å². The molecule has 1 rings (SSSR count). The van der Waals surface area contributed by atoms with E-state index in [9.17, 15) is 0 Å². The van der Waals surface area contributed by atoms with Crippen LogP contribution in [0.5, 0.6) is 5.75 Å². The smallest absolute Gasteiger partial charge is 0.123 e. The first-order chi connectivity index (χ1) is 7.87. The summed E-state index contributed by atoms with van der Waals surface area (Å²) in [6.07, 6.45) is 1.07. The summed E-state index contributed by atoms with van der Waals surface area (Å²) in [5, 5.41) is 3.38. The Labute approximate surface area is 113 Å². The van der Waals surface area contributed by atoms with Gasteiger partial charge >= 0.3 is 0 Å². The fourth-order valence-electron chi connectivity index (χ4n) is 1.96. The zero-order valence-electron chi connectivity index (χ0n) is 11.3. The molecule has 96 valence electrons. The fourth-order valence-corrected chi connectivity index (χ4v) is 2.34. The molecule has 2 nitrogen and oxygen atoms in total. The summed E-state index contributed by atoms with van der Waals surface area (Å²) in [6.45, 7) is 6.76. The molecule has 0 aromatic heterocycles. The molecule has 0 saturated heterocycles. The van der Waals surface area contributed by atoms with Crippen molar-refractivity contribution in [1.82, 2.24) is 5.32 Å². The molecule has 0 bridgehead atoms. The molecular formula is C14H22BrNO. The van der Waals surface area contributed by atoms with Crippen LogP contribution in [0.25, 0.3) is 0 Å². The van der Waals surface area contributed by atoms with Crippen molar-refractivity contribution in [1.29, 1.82) is 0 Å². The minimum atomic E-state index is 0.279. The molecule has 0 heterocycles. The fraction of sp³-hybridized carbons (Fsp3) is 0.571. The van der Waals surface area contributed by atoms with Crippen LogP contribution in [0.1, 0.15) is 38.8 Å². The summed E-state index contributed by atoms with van der Waals surface area (Å²) in [7, 11) is 3.72. The highest BCUT2D eigenvalue weighted by Crippen LogP contribution is 2.35. The largest absolute Gasteiger partial charge is 0.496 e. The molecule has 0 radical (unpaired) electrons. The van der Waals surface area contributed by atoms with Crippen LogP contribution >= 0.6 is 15.9 Å². The predicted molar refractivity (Wildman–Crippen MR) is 76.6 cm³/mol. The predicted octanol–water partition coefficient (Wildman–Crippen LogP) is 4.15. The molecule has 0 amide bonds. The van der Waals surface area contributed by atoms with E-state index in [2.05, 4.69) is 48.1 Å². The van der Waals surface area contributed by atoms with Crippen molar-refractivity contribution in [2.45, 2.75) is 33.2 Å². The van der Waals surface area contributed by atoms with Crippen molar-refractivity contribution in [3.8, 4) is 5.75 Å². The van der Waals surface area contributed by atoms with Crippen LogP contribution < -0.4 is 10.1 Å². The highest BCUT2D eigenvalue weighted by atomic mass is 79.9. The van der Waals surface area contributed by atoms with Gasteiger partial charge in [-0.1, -0.05) is 36.7 Å². The summed E-state index contributed by atoms with van der Waals surface area (Å²) in [5.74, 6) is 0.941. The second-order valence-electron chi connectivity index (χ2n) is 5.49. The lowest BCUT2D eigenvalue weighted by atomic mass is 9.85. The molecule has 1 unspecified atom stereocenters. The van der Waals surface area contributed by atoms with Gasteiger partial charge in [-0.3, -0.25) is 0 Å². The van der Waals surface area contributed by atoms with E-state index in [0.717, 1.165) is 16.6 Å². The highest BCUT2D eigenvalue weighted by Gasteiger charge is 2.21. The first-order valence-corrected chi connectivity index (χ1v) is 6.67. The van der Waals surface area contributed by atoms with Gasteiger partial charge < -0.3 is 10.1 Å². The van der Waals surface area contributed by atoms with Crippen molar-refractivity contribution >= 4 is 15.9 Å². The van der Waals surface area contributed by atoms with Gasteiger partial charge in [-0.05, 0) is 37.1 Å². The van der Waals surface area contributed by atoms with Crippen molar-refractivity contribution in [2.75, 3.05) is 14.2 Å². The minimum absolute atomic E-state index is 0.279. The number of nitrogens with one attached hydrogen (secondary N) is 1. The lowest BCUT2D eigenvalue weighted by molar-refractivity contribution is 0.313. The molecule has 3 heteroatoms. The normalized spacial score (nSPS) is 13.5. The first-order valence-electron chi connectivity index (χ1n) is 5.88. The van der Waals surface area contributed by atoms with Crippen molar-refractivity contribution in [2.24, 2.45) is 5.41 Å². The lowest BCUT2D eigenvalue weighted by Gasteiger charge is -2.27. The van der Waals surface area contributed by atoms with Crippen LogP contribution in [0.2, 0.25) is 0 Å². The van der Waals surface area contributed by atoms with E-state index >= 15 is 0 Å². The molecular weight excluding hydrogens is 278 g/mol. The third kappa shape index (κ3) is 4.32. The molecule has 1 N–H and O–H groups in total. The van der Waals surface area contributed by atoms with Crippen molar-refractivity contribution in [3.63, 3.8) is 0 Å². The topological polar surface area (TPSA) is 21.3 Å². The number of hydrogen-bond donors (Lipinski definition) is 1. The Morgan fingerprint density at radius 1 is 1.35 bits per heavy atom. The summed E-state index contributed by atoms with van der Waals surface area (Å²) < 4.78 is 6.52. The number of benzene rings is 1. The Balaban J connectivity index is 3.06. The Morgan fingerprint density at radius 3 is 2.47 bits per heavy atom. The zero-order chi connectivity index (χ0) is 13.1. The molecule has 1 atom stereocenters. The summed E-state index contributed by atoms with van der Waals surface area (Å²) in [5.41, 5.74) is 1.49. The third-order valence-electron chi connectivity index (χ3n) is 2.73. The van der Waals surface area contributed by atoms with Crippen LogP contribution in [0.15, 0.2) is 22.7 Å². The maximum atomic E-state index is 5.44. The van der Waals surface area contributed by atoms with Gasteiger partial charge in [0.1, 0.15) is 5.75 Å². The SMILES string of the molecule is CNC(CC(C)(C)C)c1cc(Br)ccc1OC. The zero-order valence-corrected chi connectivity index (χ0v) is 12.9. The first kappa shape index (κ1) is 14.5. The molecule has 17 heavy (non-hydrogen) atoms. The molecule has 1 aromatic rings. The quantitative estimate of drug-likeness (QED) is 0.901. The second kappa shape index (κ2) is 5.87. The number of ether oxygens (including phenoxy) is 1. The van der Waals surface area contributed by atoms with E-state index in [0.29, 0.717) is 6.04 Å².